The molecule has 0 aliphatic heterocycles. The van der Waals surface area contributed by atoms with Gasteiger partial charge in [-0.25, -0.2) is 9.59 Å². The number of hydrogen-bond acceptors (Lipinski definition) is 11. The average molecular weight is 941 g/mol. The molecule has 2 aromatic carbocycles. The van der Waals surface area contributed by atoms with Crippen LogP contribution in [0.2, 0.25) is 0 Å². The standard InChI is InChI=1S/2C26H38N2O5.Li.H2O/c2*1-17(15-18(2)24(32-6)16-22-11-9-8-10-12-22)13-14-23(28-21(5)29)19(3)25(30)27-20(4)26(31)33-7;;/h2*8-15,18-20,23-24H,16H2,1-7H3,(H,27,30)(H,28,29);;1H2/q;;+1;/p-1/b2*14-13+,17-15+;;/t2*18-,19-,20+,23?,24-;;/m00../s1. The number of ether oxygens (including phenoxy) is 4. The quantitative estimate of drug-likeness (QED) is 0.0681. The van der Waals surface area contributed by atoms with Gasteiger partial charge in [-0.3, -0.25) is 19.2 Å². The van der Waals surface area contributed by atoms with Crippen LogP contribution in [0.4, 0.5) is 0 Å². The number of nitrogens with one attached hydrogen (secondary N) is 4. The van der Waals surface area contributed by atoms with Crippen molar-refractivity contribution in [3.05, 3.63) is 119 Å². The van der Waals surface area contributed by atoms with E-state index in [1.807, 2.05) is 62.4 Å². The molecule has 0 saturated heterocycles. The maximum atomic E-state index is 12.6. The second-order valence-corrected chi connectivity index (χ2v) is 16.7. The van der Waals surface area contributed by atoms with Gasteiger partial charge in [0.05, 0.1) is 50.3 Å². The molecule has 0 radical (unpaired) electrons. The van der Waals surface area contributed by atoms with Crippen LogP contribution in [-0.2, 0) is 60.6 Å². The van der Waals surface area contributed by atoms with E-state index in [0.29, 0.717) is 0 Å². The van der Waals surface area contributed by atoms with E-state index in [-0.39, 0.29) is 72.0 Å². The summed E-state index contributed by atoms with van der Waals surface area (Å²) >= 11 is 0. The van der Waals surface area contributed by atoms with Crippen molar-refractivity contribution < 1.29 is 72.1 Å². The molecule has 15 nitrogen and oxygen atoms in total. The number of rotatable bonds is 24. The SMILES string of the molecule is COC(=O)[C@@H](C)NC(=O)[C@@H](C)C(/C=C/C(C)=C/[C@H](C)[C@H](Cc1ccccc1)OC)NC(C)=O.COC(=O)[C@@H](C)NC(=O)[C@@H](C)C(/C=C/C(C)=C/[C@H](C)[C@H](Cc1ccccc1)OC)NC(C)=O.[Li+].[OH-]. The van der Waals surface area contributed by atoms with E-state index >= 15 is 0 Å². The predicted molar refractivity (Wildman–Crippen MR) is 261 cm³/mol. The molecule has 0 aliphatic rings. The number of methoxy groups -OCH3 is 4. The van der Waals surface area contributed by atoms with Crippen molar-refractivity contribution in [3.63, 3.8) is 0 Å². The zero-order valence-electron chi connectivity index (χ0n) is 43.0. The summed E-state index contributed by atoms with van der Waals surface area (Å²) in [5, 5.41) is 10.8. The fraction of sp³-hybridized carbons (Fsp3) is 0.500. The number of carbonyl (C=O) groups excluding carboxylic acids is 6. The second-order valence-electron chi connectivity index (χ2n) is 16.7. The maximum absolute atomic E-state index is 12.6. The Labute approximate surface area is 417 Å². The molecule has 5 N–H and O–H groups in total. The van der Waals surface area contributed by atoms with Crippen LogP contribution < -0.4 is 40.1 Å². The number of hydrogen-bond donors (Lipinski definition) is 4. The Kier molecular flexibility index (Phi) is 33.3. The van der Waals surface area contributed by atoms with E-state index in [0.717, 1.165) is 24.0 Å². The molecule has 0 spiro atoms. The zero-order chi connectivity index (χ0) is 49.9. The fourth-order valence-electron chi connectivity index (χ4n) is 6.96. The van der Waals surface area contributed by atoms with Crippen molar-refractivity contribution in [2.24, 2.45) is 23.7 Å². The molecule has 2 aromatic rings. The molecule has 0 aliphatic carbocycles. The van der Waals surface area contributed by atoms with Crippen molar-refractivity contribution in [2.75, 3.05) is 28.4 Å². The molecular weight excluding hydrogens is 864 g/mol. The van der Waals surface area contributed by atoms with Gasteiger partial charge in [-0.05, 0) is 51.7 Å². The molecule has 0 saturated carbocycles. The van der Waals surface area contributed by atoms with Crippen LogP contribution in [0.1, 0.15) is 80.4 Å². The second kappa shape index (κ2) is 34.9. The van der Waals surface area contributed by atoms with E-state index in [9.17, 15) is 28.8 Å². The summed E-state index contributed by atoms with van der Waals surface area (Å²) in [7, 11) is 5.96. The number of esters is 2. The number of allylic oxidation sites excluding steroid dienone is 4. The Balaban J connectivity index is 0. The largest absolute Gasteiger partial charge is 1.00 e. The maximum Gasteiger partial charge on any atom is 1.00 e. The van der Waals surface area contributed by atoms with Crippen LogP contribution in [0.5, 0.6) is 0 Å². The van der Waals surface area contributed by atoms with Crippen molar-refractivity contribution in [1.29, 1.82) is 0 Å². The molecule has 0 heterocycles. The minimum absolute atomic E-state index is 0. The van der Waals surface area contributed by atoms with Crippen LogP contribution in [0.3, 0.4) is 0 Å². The van der Waals surface area contributed by atoms with Crippen LogP contribution >= 0.6 is 0 Å². The third kappa shape index (κ3) is 25.2. The number of amides is 4. The van der Waals surface area contributed by atoms with E-state index in [2.05, 4.69) is 81.0 Å². The van der Waals surface area contributed by atoms with Crippen LogP contribution in [0, 0.1) is 23.7 Å². The Morgan fingerprint density at radius 2 is 0.824 bits per heavy atom. The van der Waals surface area contributed by atoms with Gasteiger partial charge in [-0.2, -0.15) is 0 Å². The fourth-order valence-corrected chi connectivity index (χ4v) is 6.96. The molecule has 0 bridgehead atoms. The topological polar surface area (TPSA) is 217 Å². The first kappa shape index (κ1) is 64.8. The first-order valence-electron chi connectivity index (χ1n) is 22.3. The normalized spacial score (nSPS) is 15.9. The Bertz CT molecular complexity index is 1820. The Hall–Kier alpha value is -5.30. The average Bonchev–Trinajstić information content (AvgIpc) is 3.29. The number of carbonyl (C=O) groups is 6. The molecule has 4 amide bonds. The smallest absolute Gasteiger partial charge is 0.870 e. The third-order valence-electron chi connectivity index (χ3n) is 11.0. The monoisotopic (exact) mass is 941 g/mol. The van der Waals surface area contributed by atoms with Crippen LogP contribution in [0.15, 0.2) is 108 Å². The van der Waals surface area contributed by atoms with E-state index in [1.54, 1.807) is 54.1 Å². The Morgan fingerprint density at radius 1 is 0.515 bits per heavy atom. The number of benzene rings is 2. The summed E-state index contributed by atoms with van der Waals surface area (Å²) in [5.41, 5.74) is 4.40. The molecule has 2 unspecified atom stereocenters. The molecule has 68 heavy (non-hydrogen) atoms. The Morgan fingerprint density at radius 3 is 1.09 bits per heavy atom. The van der Waals surface area contributed by atoms with E-state index in [1.165, 1.54) is 39.2 Å². The first-order chi connectivity index (χ1) is 31.2. The van der Waals surface area contributed by atoms with Gasteiger partial charge in [-0.1, -0.05) is 136 Å². The predicted octanol–water partition coefficient (Wildman–Crippen LogP) is 3.23. The van der Waals surface area contributed by atoms with Gasteiger partial charge in [0.2, 0.25) is 23.6 Å². The molecule has 10 atom stereocenters. The minimum atomic E-state index is -0.773. The van der Waals surface area contributed by atoms with Crippen molar-refractivity contribution >= 4 is 35.6 Å². The van der Waals surface area contributed by atoms with Gasteiger partial charge in [0.25, 0.3) is 0 Å². The molecular formula is C52H77LiN4O11. The molecule has 0 aromatic heterocycles. The molecule has 0 fully saturated rings. The van der Waals surface area contributed by atoms with Gasteiger partial charge in [0.1, 0.15) is 12.1 Å². The van der Waals surface area contributed by atoms with Crippen molar-refractivity contribution in [1.82, 2.24) is 21.3 Å². The summed E-state index contributed by atoms with van der Waals surface area (Å²) in [6.45, 7) is 17.5. The van der Waals surface area contributed by atoms with Crippen LogP contribution in [-0.4, -0.2) is 106 Å². The van der Waals surface area contributed by atoms with Crippen molar-refractivity contribution in [2.45, 2.75) is 118 Å². The van der Waals surface area contributed by atoms with Crippen LogP contribution in [0.25, 0.3) is 0 Å². The van der Waals surface area contributed by atoms with E-state index < -0.39 is 47.9 Å². The zero-order valence-corrected chi connectivity index (χ0v) is 43.0. The molecule has 372 valence electrons. The summed E-state index contributed by atoms with van der Waals surface area (Å²) in [4.78, 5) is 71.8. The minimum Gasteiger partial charge on any atom is -0.870 e. The van der Waals surface area contributed by atoms with Gasteiger partial charge < -0.3 is 45.7 Å². The van der Waals surface area contributed by atoms with Gasteiger partial charge in [0, 0.05) is 39.9 Å². The summed E-state index contributed by atoms with van der Waals surface area (Å²) in [5.74, 6) is -3.13. The first-order valence-corrected chi connectivity index (χ1v) is 22.3. The summed E-state index contributed by atoms with van der Waals surface area (Å²) in [6, 6.07) is 17.8. The molecule has 2 rings (SSSR count). The summed E-state index contributed by atoms with van der Waals surface area (Å²) < 4.78 is 20.7. The van der Waals surface area contributed by atoms with Crippen molar-refractivity contribution in [3.8, 4) is 0 Å². The third-order valence-corrected chi connectivity index (χ3v) is 11.0. The molecule has 16 heteroatoms. The van der Waals surface area contributed by atoms with Gasteiger partial charge in [0.15, 0.2) is 0 Å². The summed E-state index contributed by atoms with van der Waals surface area (Å²) in [6.07, 6.45) is 13.2. The van der Waals surface area contributed by atoms with E-state index in [4.69, 9.17) is 9.47 Å². The van der Waals surface area contributed by atoms with Gasteiger partial charge >= 0.3 is 30.8 Å². The van der Waals surface area contributed by atoms with Gasteiger partial charge in [-0.15, -0.1) is 0 Å².